The van der Waals surface area contributed by atoms with E-state index in [2.05, 4.69) is 0 Å². The van der Waals surface area contributed by atoms with Gasteiger partial charge in [0.1, 0.15) is 18.3 Å². The van der Waals surface area contributed by atoms with E-state index in [-0.39, 0.29) is 13.2 Å². The fourth-order valence-electron chi connectivity index (χ4n) is 3.42. The molecule has 7 nitrogen and oxygen atoms in total. The van der Waals surface area contributed by atoms with Crippen LogP contribution < -0.4 is 0 Å². The van der Waals surface area contributed by atoms with Gasteiger partial charge in [-0.3, -0.25) is 4.79 Å². The van der Waals surface area contributed by atoms with E-state index in [0.717, 1.165) is 10.4 Å². The van der Waals surface area contributed by atoms with E-state index in [1.54, 1.807) is 11.3 Å². The van der Waals surface area contributed by atoms with Crippen molar-refractivity contribution in [3.63, 3.8) is 0 Å². The van der Waals surface area contributed by atoms with Gasteiger partial charge in [-0.2, -0.15) is 0 Å². The third kappa shape index (κ3) is 4.27. The summed E-state index contributed by atoms with van der Waals surface area (Å²) in [5, 5.41) is 12.4. The molecule has 3 heterocycles. The van der Waals surface area contributed by atoms with Gasteiger partial charge in [-0.05, 0) is 11.4 Å². The van der Waals surface area contributed by atoms with Gasteiger partial charge < -0.3 is 28.8 Å². The molecule has 0 bridgehead atoms. The smallest absolute Gasteiger partial charge is 0.303 e. The Balaban J connectivity index is 1.53. The summed E-state index contributed by atoms with van der Waals surface area (Å²) in [6.45, 7) is 1.80. The molecule has 6 atom stereocenters. The van der Waals surface area contributed by atoms with Crippen LogP contribution in [0.25, 0.3) is 0 Å². The van der Waals surface area contributed by atoms with Crippen LogP contribution in [-0.4, -0.2) is 48.4 Å². The van der Waals surface area contributed by atoms with Crippen LogP contribution in [-0.2, 0) is 35.1 Å². The van der Waals surface area contributed by atoms with Crippen LogP contribution in [0.1, 0.15) is 23.7 Å². The first-order chi connectivity index (χ1) is 13.6. The molecule has 8 heteroatoms. The maximum Gasteiger partial charge on any atom is 0.303 e. The summed E-state index contributed by atoms with van der Waals surface area (Å²) in [4.78, 5) is 12.7. The number of carbonyl (C=O) groups excluding carboxylic acids is 1. The maximum atomic E-state index is 11.7. The maximum absolute atomic E-state index is 11.7. The SMILES string of the molecule is CC(=O)O[C@H]1[C@@H]2OC(c3ccccc3)OC[C@H]2OC(O)[C@@H]1OCc1cccs1. The largest absolute Gasteiger partial charge is 0.457 e. The van der Waals surface area contributed by atoms with E-state index in [0.29, 0.717) is 0 Å². The van der Waals surface area contributed by atoms with Crippen molar-refractivity contribution in [2.45, 2.75) is 50.5 Å². The highest BCUT2D eigenvalue weighted by Gasteiger charge is 2.52. The van der Waals surface area contributed by atoms with Crippen molar-refractivity contribution >= 4 is 17.3 Å². The van der Waals surface area contributed by atoms with Gasteiger partial charge in [0, 0.05) is 17.4 Å². The van der Waals surface area contributed by atoms with Crippen molar-refractivity contribution in [2.24, 2.45) is 0 Å². The lowest BCUT2D eigenvalue weighted by Crippen LogP contribution is -2.63. The van der Waals surface area contributed by atoms with E-state index >= 15 is 0 Å². The van der Waals surface area contributed by atoms with E-state index < -0.39 is 43.0 Å². The number of hydrogen-bond acceptors (Lipinski definition) is 8. The molecule has 0 amide bonds. The van der Waals surface area contributed by atoms with Crippen LogP contribution in [0.15, 0.2) is 47.8 Å². The van der Waals surface area contributed by atoms with Crippen molar-refractivity contribution < 1.29 is 33.6 Å². The minimum atomic E-state index is -1.26. The molecule has 2 aliphatic rings. The Kier molecular flexibility index (Phi) is 6.05. The number of ether oxygens (including phenoxy) is 5. The second-order valence-electron chi connectivity index (χ2n) is 6.67. The van der Waals surface area contributed by atoms with Gasteiger partial charge in [0.15, 0.2) is 18.7 Å². The quantitative estimate of drug-likeness (QED) is 0.764. The number of carbonyl (C=O) groups is 1. The lowest BCUT2D eigenvalue weighted by molar-refractivity contribution is -0.360. The number of hydrogen-bond donors (Lipinski definition) is 1. The van der Waals surface area contributed by atoms with Crippen LogP contribution in [0.2, 0.25) is 0 Å². The average Bonchev–Trinajstić information content (AvgIpc) is 3.21. The summed E-state index contributed by atoms with van der Waals surface area (Å²) >= 11 is 1.54. The highest BCUT2D eigenvalue weighted by atomic mass is 32.1. The molecule has 0 radical (unpaired) electrons. The van der Waals surface area contributed by atoms with Gasteiger partial charge in [-0.1, -0.05) is 36.4 Å². The van der Waals surface area contributed by atoms with Crippen molar-refractivity contribution in [1.82, 2.24) is 0 Å². The highest BCUT2D eigenvalue weighted by Crippen LogP contribution is 2.36. The number of aliphatic hydroxyl groups is 1. The number of aliphatic hydroxyl groups excluding tert-OH is 1. The minimum Gasteiger partial charge on any atom is -0.457 e. The van der Waals surface area contributed by atoms with Crippen LogP contribution >= 0.6 is 11.3 Å². The zero-order valence-electron chi connectivity index (χ0n) is 15.3. The Labute approximate surface area is 166 Å². The first kappa shape index (κ1) is 19.5. The molecule has 2 unspecified atom stereocenters. The summed E-state index contributed by atoms with van der Waals surface area (Å²) in [7, 11) is 0. The number of thiophene rings is 1. The molecule has 0 spiro atoms. The number of fused-ring (bicyclic) bond motifs is 1. The first-order valence-corrected chi connectivity index (χ1v) is 9.96. The summed E-state index contributed by atoms with van der Waals surface area (Å²) in [6.07, 6.45) is -4.76. The Bertz CT molecular complexity index is 766. The summed E-state index contributed by atoms with van der Waals surface area (Å²) in [6, 6.07) is 13.3. The number of esters is 1. The van der Waals surface area contributed by atoms with Crippen LogP contribution in [0.3, 0.4) is 0 Å². The Morgan fingerprint density at radius 1 is 1.18 bits per heavy atom. The number of benzene rings is 1. The monoisotopic (exact) mass is 406 g/mol. The Hall–Kier alpha value is -1.81. The average molecular weight is 406 g/mol. The molecule has 2 fully saturated rings. The summed E-state index contributed by atoms with van der Waals surface area (Å²) in [5.74, 6) is -0.478. The van der Waals surface area contributed by atoms with Crippen LogP contribution in [0.4, 0.5) is 0 Å². The number of rotatable bonds is 5. The van der Waals surface area contributed by atoms with Crippen LogP contribution in [0.5, 0.6) is 0 Å². The predicted molar refractivity (Wildman–Crippen MR) is 99.3 cm³/mol. The lowest BCUT2D eigenvalue weighted by Gasteiger charge is -2.47. The molecule has 2 aromatic rings. The fourth-order valence-corrected chi connectivity index (χ4v) is 4.04. The standard InChI is InChI=1S/C20H22O7S/c1-12(21)25-17-16-15(11-24-20(27-16)13-6-3-2-4-7-13)26-19(22)18(17)23-10-14-8-5-9-28-14/h2-9,15-20,22H,10-11H2,1H3/t15-,16-,17+,18-,19?,20?/m1/s1. The molecule has 2 saturated heterocycles. The van der Waals surface area contributed by atoms with Gasteiger partial charge in [0.2, 0.25) is 0 Å². The Morgan fingerprint density at radius 3 is 2.71 bits per heavy atom. The van der Waals surface area contributed by atoms with Crippen molar-refractivity contribution in [1.29, 1.82) is 0 Å². The highest BCUT2D eigenvalue weighted by molar-refractivity contribution is 7.09. The van der Waals surface area contributed by atoms with E-state index in [1.807, 2.05) is 47.8 Å². The topological polar surface area (TPSA) is 83.5 Å². The molecular formula is C20H22O7S. The normalized spacial score (nSPS) is 32.5. The predicted octanol–water partition coefficient (Wildman–Crippen LogP) is 2.40. The molecule has 2 aliphatic heterocycles. The third-order valence-electron chi connectivity index (χ3n) is 4.67. The third-order valence-corrected chi connectivity index (χ3v) is 5.52. The zero-order valence-corrected chi connectivity index (χ0v) is 16.1. The lowest BCUT2D eigenvalue weighted by atomic mass is 9.97. The molecule has 0 aliphatic carbocycles. The van der Waals surface area contributed by atoms with Crippen molar-refractivity contribution in [3.05, 3.63) is 58.3 Å². The molecule has 1 aromatic heterocycles. The molecule has 28 heavy (non-hydrogen) atoms. The van der Waals surface area contributed by atoms with Crippen molar-refractivity contribution in [3.8, 4) is 0 Å². The van der Waals surface area contributed by atoms with Gasteiger partial charge in [-0.25, -0.2) is 0 Å². The Morgan fingerprint density at radius 2 is 2.00 bits per heavy atom. The molecule has 1 aromatic carbocycles. The molecular weight excluding hydrogens is 384 g/mol. The summed E-state index contributed by atoms with van der Waals surface area (Å²) < 4.78 is 28.9. The van der Waals surface area contributed by atoms with Gasteiger partial charge in [0.05, 0.1) is 13.2 Å². The van der Waals surface area contributed by atoms with Gasteiger partial charge >= 0.3 is 5.97 Å². The second-order valence-corrected chi connectivity index (χ2v) is 7.70. The first-order valence-electron chi connectivity index (χ1n) is 9.08. The molecule has 1 N–H and O–H groups in total. The molecule has 4 rings (SSSR count). The zero-order chi connectivity index (χ0) is 19.5. The van der Waals surface area contributed by atoms with E-state index in [4.69, 9.17) is 23.7 Å². The second kappa shape index (κ2) is 8.69. The minimum absolute atomic E-state index is 0.205. The van der Waals surface area contributed by atoms with E-state index in [1.165, 1.54) is 6.92 Å². The molecule has 150 valence electrons. The van der Waals surface area contributed by atoms with Crippen LogP contribution in [0, 0.1) is 0 Å². The van der Waals surface area contributed by atoms with Gasteiger partial charge in [-0.15, -0.1) is 11.3 Å². The van der Waals surface area contributed by atoms with Crippen molar-refractivity contribution in [2.75, 3.05) is 6.61 Å². The van der Waals surface area contributed by atoms with Gasteiger partial charge in [0.25, 0.3) is 0 Å². The molecule has 0 saturated carbocycles. The fraction of sp³-hybridized carbons (Fsp3) is 0.450. The summed E-state index contributed by atoms with van der Waals surface area (Å²) in [5.41, 5.74) is 0.852. The van der Waals surface area contributed by atoms with E-state index in [9.17, 15) is 9.90 Å².